The molecule has 2 N–H and O–H groups in total. The molecule has 9 heteroatoms. The van der Waals surface area contributed by atoms with Crippen molar-refractivity contribution in [1.82, 2.24) is 10.3 Å². The Labute approximate surface area is 173 Å². The number of hydrogen-bond acceptors (Lipinski definition) is 4. The van der Waals surface area contributed by atoms with Crippen LogP contribution in [-0.2, 0) is 10.0 Å². The molecule has 0 aliphatic rings. The second kappa shape index (κ2) is 8.27. The van der Waals surface area contributed by atoms with Gasteiger partial charge in [0.25, 0.3) is 15.9 Å². The van der Waals surface area contributed by atoms with Gasteiger partial charge in [-0.2, -0.15) is 0 Å². The number of anilines is 1. The van der Waals surface area contributed by atoms with Crippen molar-refractivity contribution in [2.45, 2.75) is 31.7 Å². The van der Waals surface area contributed by atoms with Gasteiger partial charge in [-0.1, -0.05) is 0 Å². The van der Waals surface area contributed by atoms with E-state index in [-0.39, 0.29) is 28.4 Å². The third-order valence-electron chi connectivity index (χ3n) is 4.51. The van der Waals surface area contributed by atoms with Gasteiger partial charge < -0.3 is 10.3 Å². The molecule has 0 fully saturated rings. The summed E-state index contributed by atoms with van der Waals surface area (Å²) in [6, 6.07) is 9.06. The number of amides is 1. The summed E-state index contributed by atoms with van der Waals surface area (Å²) in [5, 5.41) is 2.73. The maximum absolute atomic E-state index is 13.2. The first kappa shape index (κ1) is 21.5. The fourth-order valence-electron chi connectivity index (χ4n) is 3.09. The first-order valence-electron chi connectivity index (χ1n) is 9.39. The van der Waals surface area contributed by atoms with Crippen LogP contribution in [0.1, 0.15) is 31.1 Å². The third-order valence-corrected chi connectivity index (χ3v) is 6.41. The Kier molecular flexibility index (Phi) is 5.93. The molecule has 0 spiro atoms. The predicted octanol–water partition coefficient (Wildman–Crippen LogP) is 3.02. The van der Waals surface area contributed by atoms with Crippen LogP contribution in [0.3, 0.4) is 0 Å². The molecule has 7 nitrogen and oxygen atoms in total. The maximum Gasteiger partial charge on any atom is 0.264 e. The molecule has 1 amide bonds. The minimum atomic E-state index is -4.02. The number of nitrogens with one attached hydrogen (secondary N) is 2. The standard InChI is InChI=1S/C21H22FN3O4S/c1-4-25(15-7-5-14(22)6-8-15)30(28,29)16-9-10-19-17(11-16)20(26)18(12-23-19)21(27)24-13(2)3/h5-13H,4H2,1-3H3,(H,23,26)(H,24,27). The van der Waals surface area contributed by atoms with Gasteiger partial charge in [0.05, 0.1) is 10.6 Å². The van der Waals surface area contributed by atoms with Crippen LogP contribution in [0.15, 0.2) is 58.4 Å². The minimum absolute atomic E-state index is 0.0858. The van der Waals surface area contributed by atoms with Gasteiger partial charge >= 0.3 is 0 Å². The number of H-pyrrole nitrogens is 1. The molecule has 3 rings (SSSR count). The molecule has 0 aliphatic heterocycles. The van der Waals surface area contributed by atoms with Gasteiger partial charge in [0.2, 0.25) is 5.43 Å². The molecule has 158 valence electrons. The van der Waals surface area contributed by atoms with E-state index in [0.29, 0.717) is 11.2 Å². The van der Waals surface area contributed by atoms with E-state index >= 15 is 0 Å². The summed E-state index contributed by atoms with van der Waals surface area (Å²) in [6.07, 6.45) is 1.31. The Morgan fingerprint density at radius 3 is 2.43 bits per heavy atom. The molecule has 0 unspecified atom stereocenters. The van der Waals surface area contributed by atoms with E-state index in [1.165, 1.54) is 48.7 Å². The zero-order valence-corrected chi connectivity index (χ0v) is 17.6. The Bertz CT molecular complexity index is 1250. The highest BCUT2D eigenvalue weighted by atomic mass is 32.2. The Morgan fingerprint density at radius 2 is 1.83 bits per heavy atom. The summed E-state index contributed by atoms with van der Waals surface area (Å²) in [7, 11) is -4.02. The number of hydrogen-bond donors (Lipinski definition) is 2. The molecule has 0 atom stereocenters. The monoisotopic (exact) mass is 431 g/mol. The van der Waals surface area contributed by atoms with Crippen LogP contribution in [0.25, 0.3) is 10.9 Å². The van der Waals surface area contributed by atoms with Gasteiger partial charge in [0.15, 0.2) is 0 Å². The van der Waals surface area contributed by atoms with Crippen molar-refractivity contribution in [2.24, 2.45) is 0 Å². The van der Waals surface area contributed by atoms with Gasteiger partial charge in [-0.05, 0) is 63.2 Å². The molecule has 1 heterocycles. The van der Waals surface area contributed by atoms with E-state index in [1.54, 1.807) is 20.8 Å². The number of halogens is 1. The lowest BCUT2D eigenvalue weighted by atomic mass is 10.1. The summed E-state index contributed by atoms with van der Waals surface area (Å²) >= 11 is 0. The molecule has 0 aliphatic carbocycles. The second-order valence-electron chi connectivity index (χ2n) is 7.01. The maximum atomic E-state index is 13.2. The molecule has 30 heavy (non-hydrogen) atoms. The topological polar surface area (TPSA) is 99.3 Å². The average molecular weight is 431 g/mol. The van der Waals surface area contributed by atoms with E-state index in [9.17, 15) is 22.4 Å². The smallest absolute Gasteiger partial charge is 0.264 e. The quantitative estimate of drug-likeness (QED) is 0.627. The van der Waals surface area contributed by atoms with Crippen LogP contribution < -0.4 is 15.1 Å². The number of sulfonamides is 1. The van der Waals surface area contributed by atoms with Crippen molar-refractivity contribution in [2.75, 3.05) is 10.8 Å². The highest BCUT2D eigenvalue weighted by molar-refractivity contribution is 7.92. The SMILES string of the molecule is CCN(c1ccc(F)cc1)S(=O)(=O)c1ccc2[nH]cc(C(=O)NC(C)C)c(=O)c2c1. The molecule has 0 bridgehead atoms. The van der Waals surface area contributed by atoms with Crippen LogP contribution in [0.5, 0.6) is 0 Å². The van der Waals surface area contributed by atoms with Crippen molar-refractivity contribution >= 4 is 32.5 Å². The second-order valence-corrected chi connectivity index (χ2v) is 8.88. The predicted molar refractivity (Wildman–Crippen MR) is 114 cm³/mol. The van der Waals surface area contributed by atoms with Crippen LogP contribution in [0.2, 0.25) is 0 Å². The number of benzene rings is 2. The van der Waals surface area contributed by atoms with Gasteiger partial charge in [-0.25, -0.2) is 12.8 Å². The zero-order valence-electron chi connectivity index (χ0n) is 16.8. The van der Waals surface area contributed by atoms with Gasteiger partial charge in [0, 0.05) is 29.7 Å². The molecule has 3 aromatic rings. The zero-order chi connectivity index (χ0) is 22.1. The third kappa shape index (κ3) is 4.06. The summed E-state index contributed by atoms with van der Waals surface area (Å²) in [5.74, 6) is -1.01. The number of pyridine rings is 1. The largest absolute Gasteiger partial charge is 0.360 e. The van der Waals surface area contributed by atoms with E-state index < -0.39 is 27.2 Å². The lowest BCUT2D eigenvalue weighted by molar-refractivity contribution is 0.0942. The van der Waals surface area contributed by atoms with Crippen LogP contribution >= 0.6 is 0 Å². The summed E-state index contributed by atoms with van der Waals surface area (Å²) in [4.78, 5) is 27.9. The number of carbonyl (C=O) groups is 1. The fourth-order valence-corrected chi connectivity index (χ4v) is 4.59. The van der Waals surface area contributed by atoms with Crippen LogP contribution in [0.4, 0.5) is 10.1 Å². The van der Waals surface area contributed by atoms with Crippen molar-refractivity contribution in [3.8, 4) is 0 Å². The first-order chi connectivity index (χ1) is 14.1. The van der Waals surface area contributed by atoms with Crippen LogP contribution in [0, 0.1) is 5.82 Å². The number of aromatic nitrogens is 1. The van der Waals surface area contributed by atoms with Crippen molar-refractivity contribution in [3.63, 3.8) is 0 Å². The van der Waals surface area contributed by atoms with E-state index in [1.807, 2.05) is 0 Å². The fraction of sp³-hybridized carbons (Fsp3) is 0.238. The highest BCUT2D eigenvalue weighted by Crippen LogP contribution is 2.25. The Balaban J connectivity index is 2.11. The van der Waals surface area contributed by atoms with Crippen molar-refractivity contribution in [1.29, 1.82) is 0 Å². The summed E-state index contributed by atoms with van der Waals surface area (Å²) in [5.41, 5.74) is 0.0447. The Hall–Kier alpha value is -3.20. The molecule has 2 aromatic carbocycles. The molecule has 1 aromatic heterocycles. The number of rotatable bonds is 6. The molecule has 0 saturated heterocycles. The number of nitrogens with zero attached hydrogens (tertiary/aromatic N) is 1. The van der Waals surface area contributed by atoms with E-state index in [0.717, 1.165) is 4.31 Å². The van der Waals surface area contributed by atoms with Gasteiger partial charge in [-0.3, -0.25) is 13.9 Å². The average Bonchev–Trinajstić information content (AvgIpc) is 2.69. The van der Waals surface area contributed by atoms with E-state index in [4.69, 9.17) is 0 Å². The van der Waals surface area contributed by atoms with Crippen molar-refractivity contribution < 1.29 is 17.6 Å². The molecular weight excluding hydrogens is 409 g/mol. The number of carbonyl (C=O) groups excluding carboxylic acids is 1. The molecule has 0 radical (unpaired) electrons. The molecule has 0 saturated carbocycles. The highest BCUT2D eigenvalue weighted by Gasteiger charge is 2.25. The molecular formula is C21H22FN3O4S. The number of aromatic amines is 1. The van der Waals surface area contributed by atoms with Gasteiger partial charge in [0.1, 0.15) is 11.4 Å². The summed E-state index contributed by atoms with van der Waals surface area (Å²) in [6.45, 7) is 5.31. The lowest BCUT2D eigenvalue weighted by Crippen LogP contribution is -2.34. The minimum Gasteiger partial charge on any atom is -0.360 e. The van der Waals surface area contributed by atoms with Crippen molar-refractivity contribution in [3.05, 3.63) is 70.3 Å². The van der Waals surface area contributed by atoms with E-state index in [2.05, 4.69) is 10.3 Å². The summed E-state index contributed by atoms with van der Waals surface area (Å²) < 4.78 is 40.8. The lowest BCUT2D eigenvalue weighted by Gasteiger charge is -2.23. The van der Waals surface area contributed by atoms with Gasteiger partial charge in [-0.15, -0.1) is 0 Å². The Morgan fingerprint density at radius 1 is 1.17 bits per heavy atom. The number of fused-ring (bicyclic) bond motifs is 1. The van der Waals surface area contributed by atoms with Crippen LogP contribution in [-0.4, -0.2) is 31.9 Å². The normalized spacial score (nSPS) is 11.6. The first-order valence-corrected chi connectivity index (χ1v) is 10.8.